The lowest BCUT2D eigenvalue weighted by Gasteiger charge is -2.28. The van der Waals surface area contributed by atoms with Crippen molar-refractivity contribution < 1.29 is 27.6 Å². The van der Waals surface area contributed by atoms with Crippen LogP contribution in [0.3, 0.4) is 0 Å². The van der Waals surface area contributed by atoms with Gasteiger partial charge in [0.2, 0.25) is 0 Å². The fourth-order valence-electron chi connectivity index (χ4n) is 1.63. The second-order valence-electron chi connectivity index (χ2n) is 4.21. The summed E-state index contributed by atoms with van der Waals surface area (Å²) in [6, 6.07) is 0. The minimum atomic E-state index is -2.99. The van der Waals surface area contributed by atoms with Gasteiger partial charge in [-0.1, -0.05) is 0 Å². The maximum atomic E-state index is 11.8. The minimum Gasteiger partial charge on any atom is -0.465 e. The van der Waals surface area contributed by atoms with Gasteiger partial charge in [0.1, 0.15) is 6.54 Å². The molecule has 0 aromatic carbocycles. The fourth-order valence-corrected chi connectivity index (χ4v) is 2.83. The van der Waals surface area contributed by atoms with Gasteiger partial charge in [-0.3, -0.25) is 4.79 Å². The number of nitrogens with one attached hydrogen (secondary N) is 1. The van der Waals surface area contributed by atoms with Gasteiger partial charge >= 0.3 is 5.97 Å². The molecule has 0 spiro atoms. The third kappa shape index (κ3) is 4.61. The first-order valence-electron chi connectivity index (χ1n) is 5.56. The van der Waals surface area contributed by atoms with Crippen molar-refractivity contribution >= 4 is 21.7 Å². The molecule has 0 saturated carbocycles. The van der Waals surface area contributed by atoms with Crippen LogP contribution < -0.4 is 4.90 Å². The highest BCUT2D eigenvalue weighted by Gasteiger charge is 2.26. The van der Waals surface area contributed by atoms with Crippen molar-refractivity contribution in [1.82, 2.24) is 4.90 Å². The van der Waals surface area contributed by atoms with Gasteiger partial charge < -0.3 is 14.5 Å². The molecule has 1 saturated heterocycles. The van der Waals surface area contributed by atoms with Gasteiger partial charge in [0.05, 0.1) is 18.6 Å². The van der Waals surface area contributed by atoms with Crippen LogP contribution in [-0.4, -0.2) is 70.0 Å². The molecule has 1 aliphatic heterocycles. The Hall–Kier alpha value is -1.15. The molecule has 1 rings (SSSR count). The summed E-state index contributed by atoms with van der Waals surface area (Å²) < 4.78 is 26.9. The molecule has 1 aliphatic rings. The zero-order valence-corrected chi connectivity index (χ0v) is 11.2. The number of carbonyl (C=O) groups is 2. The number of hydrogen-bond donors (Lipinski definition) is 1. The Morgan fingerprint density at radius 2 is 1.83 bits per heavy atom. The van der Waals surface area contributed by atoms with Gasteiger partial charge in [0, 0.05) is 13.1 Å². The fraction of sp³-hybridized carbons (Fsp3) is 0.700. The summed E-state index contributed by atoms with van der Waals surface area (Å²) >= 11 is 0. The van der Waals surface area contributed by atoms with Gasteiger partial charge in [-0.05, 0) is 0 Å². The molecular formula is C10H18N2O5S. The molecule has 8 heteroatoms. The third-order valence-corrected chi connectivity index (χ3v) is 4.33. The summed E-state index contributed by atoms with van der Waals surface area (Å²) in [6.07, 6.45) is 0. The van der Waals surface area contributed by atoms with Crippen LogP contribution in [0.25, 0.3) is 0 Å². The number of carbonyl (C=O) groups excluding carboxylic acids is 2. The highest BCUT2D eigenvalue weighted by Crippen LogP contribution is 2.03. The molecule has 0 aliphatic carbocycles. The van der Waals surface area contributed by atoms with E-state index in [1.807, 2.05) is 0 Å². The second-order valence-corrected chi connectivity index (χ2v) is 6.52. The number of sulfone groups is 1. The topological polar surface area (TPSA) is 85.2 Å². The third-order valence-electron chi connectivity index (χ3n) is 2.72. The SMILES string of the molecule is [CH2-][NH+](CC(=O)OC)CC(=O)N1CCS(=O)(=O)CC1. The van der Waals surface area contributed by atoms with Crippen LogP contribution in [-0.2, 0) is 24.2 Å². The first kappa shape index (κ1) is 14.9. The molecule has 0 radical (unpaired) electrons. The maximum absolute atomic E-state index is 11.8. The lowest BCUT2D eigenvalue weighted by molar-refractivity contribution is -0.837. The maximum Gasteiger partial charge on any atom is 0.359 e. The summed E-state index contributed by atoms with van der Waals surface area (Å²) in [5.74, 6) is -0.627. The summed E-state index contributed by atoms with van der Waals surface area (Å²) in [6.45, 7) is 0.489. The van der Waals surface area contributed by atoms with Crippen LogP contribution in [0.1, 0.15) is 0 Å². The summed E-state index contributed by atoms with van der Waals surface area (Å²) in [5, 5.41) is 0. The van der Waals surface area contributed by atoms with Gasteiger partial charge in [0.25, 0.3) is 5.91 Å². The highest BCUT2D eigenvalue weighted by molar-refractivity contribution is 7.91. The quantitative estimate of drug-likeness (QED) is 0.440. The average molecular weight is 278 g/mol. The predicted octanol–water partition coefficient (Wildman–Crippen LogP) is -2.91. The molecule has 1 heterocycles. The van der Waals surface area contributed by atoms with E-state index in [4.69, 9.17) is 0 Å². The van der Waals surface area contributed by atoms with Crippen LogP contribution in [0.4, 0.5) is 0 Å². The van der Waals surface area contributed by atoms with E-state index < -0.39 is 15.8 Å². The molecule has 1 fully saturated rings. The molecule has 0 aromatic rings. The van der Waals surface area contributed by atoms with Gasteiger partial charge in [-0.2, -0.15) is 0 Å². The van der Waals surface area contributed by atoms with Gasteiger partial charge in [0.15, 0.2) is 16.4 Å². The molecule has 1 atom stereocenters. The predicted molar refractivity (Wildman–Crippen MR) is 63.3 cm³/mol. The van der Waals surface area contributed by atoms with E-state index in [1.165, 1.54) is 12.0 Å². The number of methoxy groups -OCH3 is 1. The molecule has 104 valence electrons. The summed E-state index contributed by atoms with van der Waals surface area (Å²) in [7, 11) is 1.92. The number of quaternary nitrogens is 1. The molecule has 0 aromatic heterocycles. The molecule has 1 amide bonds. The van der Waals surface area contributed by atoms with E-state index in [0.29, 0.717) is 4.90 Å². The largest absolute Gasteiger partial charge is 0.465 e. The molecule has 1 N–H and O–H groups in total. The Morgan fingerprint density at radius 3 is 2.33 bits per heavy atom. The van der Waals surface area contributed by atoms with Crippen molar-refractivity contribution in [2.45, 2.75) is 0 Å². The lowest BCUT2D eigenvalue weighted by atomic mass is 10.4. The van der Waals surface area contributed by atoms with Crippen molar-refractivity contribution in [3.05, 3.63) is 7.05 Å². The number of esters is 1. The number of rotatable bonds is 4. The van der Waals surface area contributed by atoms with Crippen molar-refractivity contribution in [2.75, 3.05) is 44.8 Å². The number of ether oxygens (including phenoxy) is 1. The van der Waals surface area contributed by atoms with Crippen LogP contribution in [0.2, 0.25) is 0 Å². The standard InChI is InChI=1S/C10H18N2O5S/c1-11(8-10(14)17-2)7-9(13)12-3-5-18(15,16)6-4-12/h11H,1,3-8H2,2H3. The minimum absolute atomic E-state index is 0.00220. The molecule has 0 bridgehead atoms. The Bertz CT molecular complexity index is 406. The molecule has 1 unspecified atom stereocenters. The van der Waals surface area contributed by atoms with E-state index in [0.717, 1.165) is 0 Å². The second kappa shape index (κ2) is 6.14. The van der Waals surface area contributed by atoms with Gasteiger partial charge in [-0.25, -0.2) is 13.2 Å². The van der Waals surface area contributed by atoms with E-state index in [2.05, 4.69) is 11.8 Å². The molecule has 7 nitrogen and oxygen atoms in total. The number of amides is 1. The van der Waals surface area contributed by atoms with Crippen LogP contribution >= 0.6 is 0 Å². The van der Waals surface area contributed by atoms with Gasteiger partial charge in [-0.15, -0.1) is 7.05 Å². The van der Waals surface area contributed by atoms with Crippen LogP contribution in [0, 0.1) is 7.05 Å². The van der Waals surface area contributed by atoms with E-state index in [9.17, 15) is 18.0 Å². The lowest BCUT2D eigenvalue weighted by Crippen LogP contribution is -3.09. The van der Waals surface area contributed by atoms with E-state index >= 15 is 0 Å². The Labute approximate surface area is 107 Å². The van der Waals surface area contributed by atoms with Crippen molar-refractivity contribution in [1.29, 1.82) is 0 Å². The molecule has 18 heavy (non-hydrogen) atoms. The number of hydrogen-bond acceptors (Lipinski definition) is 5. The molecular weight excluding hydrogens is 260 g/mol. The average Bonchev–Trinajstić information content (AvgIpc) is 2.28. The van der Waals surface area contributed by atoms with Crippen LogP contribution in [0.15, 0.2) is 0 Å². The van der Waals surface area contributed by atoms with Crippen molar-refractivity contribution in [2.24, 2.45) is 0 Å². The Kier molecular flexibility index (Phi) is 5.09. The van der Waals surface area contributed by atoms with Crippen LogP contribution in [0.5, 0.6) is 0 Å². The zero-order chi connectivity index (χ0) is 13.8. The van der Waals surface area contributed by atoms with E-state index in [1.54, 1.807) is 0 Å². The normalized spacial score (nSPS) is 20.2. The monoisotopic (exact) mass is 278 g/mol. The summed E-state index contributed by atoms with van der Waals surface area (Å²) in [5.41, 5.74) is 0. The summed E-state index contributed by atoms with van der Waals surface area (Å²) in [4.78, 5) is 24.7. The zero-order valence-electron chi connectivity index (χ0n) is 10.3. The Morgan fingerprint density at radius 1 is 1.28 bits per heavy atom. The van der Waals surface area contributed by atoms with Crippen molar-refractivity contribution in [3.63, 3.8) is 0 Å². The first-order chi connectivity index (χ1) is 8.34. The van der Waals surface area contributed by atoms with E-state index in [-0.39, 0.29) is 43.6 Å². The first-order valence-corrected chi connectivity index (χ1v) is 7.38. The highest BCUT2D eigenvalue weighted by atomic mass is 32.2. The Balaban J connectivity index is 2.40. The smallest absolute Gasteiger partial charge is 0.359 e. The van der Waals surface area contributed by atoms with Crippen molar-refractivity contribution in [3.8, 4) is 0 Å². The number of nitrogens with zero attached hydrogens (tertiary/aromatic N) is 1.